The molecule has 0 fully saturated rings. The first kappa shape index (κ1) is 16.5. The number of nitro groups is 1. The summed E-state index contributed by atoms with van der Waals surface area (Å²) in [6.45, 7) is 0. The van der Waals surface area contributed by atoms with Crippen molar-refractivity contribution < 1.29 is 9.72 Å². The molecule has 3 aromatic rings. The van der Waals surface area contributed by atoms with Gasteiger partial charge < -0.3 is 5.32 Å². The van der Waals surface area contributed by atoms with Gasteiger partial charge in [-0.15, -0.1) is 0 Å². The lowest BCUT2D eigenvalue weighted by atomic mass is 10.0. The molecule has 0 aliphatic rings. The van der Waals surface area contributed by atoms with Crippen LogP contribution in [0.2, 0.25) is 0 Å². The third-order valence-corrected chi connectivity index (χ3v) is 3.80. The number of anilines is 1. The fraction of sp³-hybridized carbons (Fsp3) is 0. The summed E-state index contributed by atoms with van der Waals surface area (Å²) in [6.07, 6.45) is 0. The van der Waals surface area contributed by atoms with Gasteiger partial charge in [-0.2, -0.15) is 0 Å². The van der Waals surface area contributed by atoms with Crippen LogP contribution in [-0.4, -0.2) is 15.9 Å². The normalized spacial score (nSPS) is 10.2. The number of nitrogens with zero attached hydrogens (tertiary/aromatic N) is 1. The molecule has 25 heavy (non-hydrogen) atoms. The van der Waals surface area contributed by atoms with Crippen molar-refractivity contribution >= 4 is 45.4 Å². The number of hydrogen-bond acceptors (Lipinski definition) is 4. The largest absolute Gasteiger partial charge is 0.332 e. The monoisotopic (exact) mass is 351 g/mol. The molecule has 0 bridgehead atoms. The van der Waals surface area contributed by atoms with Crippen LogP contribution in [0.5, 0.6) is 0 Å². The minimum atomic E-state index is -0.482. The lowest BCUT2D eigenvalue weighted by Crippen LogP contribution is -2.34. The predicted octanol–water partition coefficient (Wildman–Crippen LogP) is 3.87. The van der Waals surface area contributed by atoms with Crippen molar-refractivity contribution in [3.8, 4) is 0 Å². The van der Waals surface area contributed by atoms with Gasteiger partial charge in [0.15, 0.2) is 5.11 Å². The molecule has 0 spiro atoms. The average Bonchev–Trinajstić information content (AvgIpc) is 2.61. The lowest BCUT2D eigenvalue weighted by Gasteiger charge is -2.11. The molecule has 1 amide bonds. The molecule has 0 atom stereocenters. The van der Waals surface area contributed by atoms with E-state index in [9.17, 15) is 14.9 Å². The van der Waals surface area contributed by atoms with E-state index in [1.54, 1.807) is 6.07 Å². The Morgan fingerprint density at radius 3 is 2.36 bits per heavy atom. The topological polar surface area (TPSA) is 84.3 Å². The van der Waals surface area contributed by atoms with Crippen LogP contribution in [0, 0.1) is 10.1 Å². The molecule has 0 saturated heterocycles. The SMILES string of the molecule is O=C(NC(=S)Nc1ccc([N+](=O)[O-])cc1)c1cccc2ccccc12. The molecule has 7 heteroatoms. The Hall–Kier alpha value is -3.32. The van der Waals surface area contributed by atoms with Gasteiger partial charge in [0.05, 0.1) is 4.92 Å². The van der Waals surface area contributed by atoms with Crippen LogP contribution in [0.4, 0.5) is 11.4 Å². The molecule has 6 nitrogen and oxygen atoms in total. The molecule has 0 unspecified atom stereocenters. The molecular weight excluding hydrogens is 338 g/mol. The molecule has 0 aromatic heterocycles. The van der Waals surface area contributed by atoms with Crippen molar-refractivity contribution in [2.24, 2.45) is 0 Å². The summed E-state index contributed by atoms with van der Waals surface area (Å²) in [5.41, 5.74) is 1.05. The van der Waals surface area contributed by atoms with E-state index < -0.39 is 4.92 Å². The summed E-state index contributed by atoms with van der Waals surface area (Å²) in [4.78, 5) is 22.6. The summed E-state index contributed by atoms with van der Waals surface area (Å²) < 4.78 is 0. The third kappa shape index (κ3) is 3.78. The fourth-order valence-electron chi connectivity index (χ4n) is 2.42. The highest BCUT2D eigenvalue weighted by molar-refractivity contribution is 7.80. The third-order valence-electron chi connectivity index (χ3n) is 3.60. The average molecular weight is 351 g/mol. The summed E-state index contributed by atoms with van der Waals surface area (Å²) in [7, 11) is 0. The number of thiocarbonyl (C=S) groups is 1. The van der Waals surface area contributed by atoms with Crippen LogP contribution in [-0.2, 0) is 0 Å². The Morgan fingerprint density at radius 1 is 0.960 bits per heavy atom. The Bertz CT molecular complexity index is 965. The van der Waals surface area contributed by atoms with Gasteiger partial charge in [-0.3, -0.25) is 20.2 Å². The Morgan fingerprint density at radius 2 is 1.64 bits per heavy atom. The second-order valence-electron chi connectivity index (χ2n) is 5.24. The second-order valence-corrected chi connectivity index (χ2v) is 5.65. The van der Waals surface area contributed by atoms with Gasteiger partial charge in [-0.1, -0.05) is 36.4 Å². The lowest BCUT2D eigenvalue weighted by molar-refractivity contribution is -0.384. The van der Waals surface area contributed by atoms with Crippen LogP contribution < -0.4 is 10.6 Å². The standard InChI is InChI=1S/C18H13N3O3S/c22-17(16-7-3-5-12-4-1-2-6-15(12)16)20-18(25)19-13-8-10-14(11-9-13)21(23)24/h1-11H,(H2,19,20,22,25). The van der Waals surface area contributed by atoms with Crippen molar-refractivity contribution in [1.29, 1.82) is 0 Å². The van der Waals surface area contributed by atoms with Gasteiger partial charge >= 0.3 is 0 Å². The van der Waals surface area contributed by atoms with E-state index in [-0.39, 0.29) is 16.7 Å². The molecular formula is C18H13N3O3S. The molecule has 0 aliphatic carbocycles. The molecule has 2 N–H and O–H groups in total. The number of fused-ring (bicyclic) bond motifs is 1. The molecule has 124 valence electrons. The Labute approximate surface area is 148 Å². The number of hydrogen-bond donors (Lipinski definition) is 2. The number of carbonyl (C=O) groups is 1. The summed E-state index contributed by atoms with van der Waals surface area (Å²) in [5.74, 6) is -0.323. The van der Waals surface area contributed by atoms with Crippen molar-refractivity contribution in [2.75, 3.05) is 5.32 Å². The van der Waals surface area contributed by atoms with E-state index in [0.717, 1.165) is 10.8 Å². The van der Waals surface area contributed by atoms with Gasteiger partial charge in [0, 0.05) is 23.4 Å². The number of benzene rings is 3. The number of nitrogens with one attached hydrogen (secondary N) is 2. The fourth-order valence-corrected chi connectivity index (χ4v) is 2.63. The number of non-ortho nitro benzene ring substituents is 1. The molecule has 0 aliphatic heterocycles. The number of rotatable bonds is 3. The first-order chi connectivity index (χ1) is 12.0. The van der Waals surface area contributed by atoms with E-state index in [2.05, 4.69) is 10.6 Å². The summed E-state index contributed by atoms with van der Waals surface area (Å²) >= 11 is 5.14. The van der Waals surface area contributed by atoms with Crippen molar-refractivity contribution in [1.82, 2.24) is 5.32 Å². The highest BCUT2D eigenvalue weighted by atomic mass is 32.1. The molecule has 0 radical (unpaired) electrons. The Kier molecular flexibility index (Phi) is 4.67. The first-order valence-corrected chi connectivity index (χ1v) is 7.80. The first-order valence-electron chi connectivity index (χ1n) is 7.39. The van der Waals surface area contributed by atoms with Crippen LogP contribution in [0.15, 0.2) is 66.7 Å². The molecule has 3 aromatic carbocycles. The zero-order chi connectivity index (χ0) is 17.8. The van der Waals surface area contributed by atoms with E-state index >= 15 is 0 Å². The predicted molar refractivity (Wildman–Crippen MR) is 101 cm³/mol. The second kappa shape index (κ2) is 7.06. The van der Waals surface area contributed by atoms with Crippen molar-refractivity contribution in [3.63, 3.8) is 0 Å². The zero-order valence-electron chi connectivity index (χ0n) is 12.9. The van der Waals surface area contributed by atoms with E-state index in [1.807, 2.05) is 36.4 Å². The maximum absolute atomic E-state index is 12.5. The van der Waals surface area contributed by atoms with Gasteiger partial charge in [-0.25, -0.2) is 0 Å². The van der Waals surface area contributed by atoms with Gasteiger partial charge in [0.1, 0.15) is 0 Å². The Balaban J connectivity index is 1.72. The molecule has 3 rings (SSSR count). The smallest absolute Gasteiger partial charge is 0.269 e. The van der Waals surface area contributed by atoms with Crippen LogP contribution in [0.1, 0.15) is 10.4 Å². The molecule has 0 heterocycles. The minimum absolute atomic E-state index is 0.0174. The number of carbonyl (C=O) groups excluding carboxylic acids is 1. The quantitative estimate of drug-likeness (QED) is 0.425. The minimum Gasteiger partial charge on any atom is -0.332 e. The number of nitro benzene ring substituents is 1. The van der Waals surface area contributed by atoms with E-state index in [4.69, 9.17) is 12.2 Å². The maximum atomic E-state index is 12.5. The van der Waals surface area contributed by atoms with Gasteiger partial charge in [-0.05, 0) is 41.2 Å². The van der Waals surface area contributed by atoms with Crippen LogP contribution in [0.25, 0.3) is 10.8 Å². The van der Waals surface area contributed by atoms with Gasteiger partial charge in [0.25, 0.3) is 11.6 Å². The van der Waals surface area contributed by atoms with Crippen LogP contribution in [0.3, 0.4) is 0 Å². The van der Waals surface area contributed by atoms with E-state index in [0.29, 0.717) is 11.3 Å². The van der Waals surface area contributed by atoms with Crippen molar-refractivity contribution in [3.05, 3.63) is 82.4 Å². The van der Waals surface area contributed by atoms with Gasteiger partial charge in [0.2, 0.25) is 0 Å². The summed E-state index contributed by atoms with van der Waals surface area (Å²) in [5, 5.41) is 18.0. The number of amides is 1. The van der Waals surface area contributed by atoms with E-state index in [1.165, 1.54) is 24.3 Å². The highest BCUT2D eigenvalue weighted by Gasteiger charge is 2.11. The van der Waals surface area contributed by atoms with Crippen molar-refractivity contribution in [2.45, 2.75) is 0 Å². The molecule has 0 saturated carbocycles. The highest BCUT2D eigenvalue weighted by Crippen LogP contribution is 2.19. The zero-order valence-corrected chi connectivity index (χ0v) is 13.7. The van der Waals surface area contributed by atoms with Crippen LogP contribution >= 0.6 is 12.2 Å². The summed E-state index contributed by atoms with van der Waals surface area (Å²) in [6, 6.07) is 18.8. The maximum Gasteiger partial charge on any atom is 0.269 e.